The van der Waals surface area contributed by atoms with Gasteiger partial charge in [0.15, 0.2) is 0 Å². The van der Waals surface area contributed by atoms with Gasteiger partial charge in [-0.1, -0.05) is 79.4 Å². The Hall–Kier alpha value is -0.790. The average Bonchev–Trinajstić information content (AvgIpc) is 3.15. The normalized spacial score (nSPS) is 39.6. The lowest BCUT2D eigenvalue weighted by atomic mass is 9.47. The van der Waals surface area contributed by atoms with E-state index in [-0.39, 0.29) is 12.1 Å². The molecular formula is C33H56O2. The predicted octanol–water partition coefficient (Wildman–Crippen LogP) is 9.38. The van der Waals surface area contributed by atoms with Gasteiger partial charge in [0.1, 0.15) is 6.10 Å². The molecule has 0 radical (unpaired) electrons. The van der Waals surface area contributed by atoms with Crippen LogP contribution in [0.3, 0.4) is 0 Å². The third-order valence-electron chi connectivity index (χ3n) is 11.5. The van der Waals surface area contributed by atoms with Crippen molar-refractivity contribution in [2.45, 2.75) is 138 Å². The highest BCUT2D eigenvalue weighted by molar-refractivity contribution is 5.69. The zero-order valence-electron chi connectivity index (χ0n) is 24.2. The van der Waals surface area contributed by atoms with Gasteiger partial charge >= 0.3 is 5.97 Å². The van der Waals surface area contributed by atoms with E-state index in [9.17, 15) is 4.79 Å². The third kappa shape index (κ3) is 5.57. The fourth-order valence-corrected chi connectivity index (χ4v) is 9.40. The Morgan fingerprint density at radius 3 is 2.40 bits per heavy atom. The Kier molecular flexibility index (Phi) is 8.49. The molecule has 0 aromatic rings. The van der Waals surface area contributed by atoms with Crippen molar-refractivity contribution >= 4 is 5.97 Å². The molecule has 0 unspecified atom stereocenters. The Morgan fingerprint density at radius 2 is 1.69 bits per heavy atom. The largest absolute Gasteiger partial charge is 0.462 e. The van der Waals surface area contributed by atoms with Crippen molar-refractivity contribution < 1.29 is 9.53 Å². The molecule has 2 heteroatoms. The molecule has 0 amide bonds. The van der Waals surface area contributed by atoms with Crippen molar-refractivity contribution in [3.05, 3.63) is 11.6 Å². The molecule has 3 fully saturated rings. The molecule has 0 heterocycles. The van der Waals surface area contributed by atoms with E-state index in [0.717, 1.165) is 54.8 Å². The second kappa shape index (κ2) is 10.9. The van der Waals surface area contributed by atoms with Crippen molar-refractivity contribution in [2.24, 2.45) is 52.3 Å². The second-order valence-corrected chi connectivity index (χ2v) is 14.6. The maximum absolute atomic E-state index is 12.4. The first-order chi connectivity index (χ1) is 16.5. The minimum absolute atomic E-state index is 0.0227. The van der Waals surface area contributed by atoms with Crippen LogP contribution in [0.2, 0.25) is 0 Å². The van der Waals surface area contributed by atoms with Gasteiger partial charge in [-0.2, -0.15) is 0 Å². The van der Waals surface area contributed by atoms with Crippen LogP contribution in [0.4, 0.5) is 0 Å². The van der Waals surface area contributed by atoms with Gasteiger partial charge < -0.3 is 4.74 Å². The van der Waals surface area contributed by atoms with Crippen LogP contribution in [0.15, 0.2) is 11.6 Å². The van der Waals surface area contributed by atoms with Crippen molar-refractivity contribution in [1.29, 1.82) is 0 Å². The fraction of sp³-hybridized carbons (Fsp3) is 0.909. The smallest absolute Gasteiger partial charge is 0.306 e. The molecule has 4 aliphatic rings. The van der Waals surface area contributed by atoms with Crippen LogP contribution in [-0.2, 0) is 9.53 Å². The average molecular weight is 485 g/mol. The molecule has 8 atom stereocenters. The monoisotopic (exact) mass is 484 g/mol. The van der Waals surface area contributed by atoms with Crippen LogP contribution in [0.1, 0.15) is 132 Å². The van der Waals surface area contributed by atoms with Crippen molar-refractivity contribution in [3.8, 4) is 0 Å². The molecule has 4 aliphatic carbocycles. The van der Waals surface area contributed by atoms with Crippen LogP contribution >= 0.6 is 0 Å². The molecular weight excluding hydrogens is 428 g/mol. The van der Waals surface area contributed by atoms with Gasteiger partial charge in [0.2, 0.25) is 0 Å². The number of carbonyl (C=O) groups excluding carboxylic acids is 1. The van der Waals surface area contributed by atoms with Crippen LogP contribution in [0, 0.1) is 52.3 Å². The van der Waals surface area contributed by atoms with Gasteiger partial charge in [-0.3, -0.25) is 4.79 Å². The summed E-state index contributed by atoms with van der Waals surface area (Å²) in [4.78, 5) is 12.4. The molecule has 2 nitrogen and oxygen atoms in total. The zero-order chi connectivity index (χ0) is 25.4. The van der Waals surface area contributed by atoms with Crippen LogP contribution in [0.25, 0.3) is 0 Å². The lowest BCUT2D eigenvalue weighted by molar-refractivity contribution is -0.151. The minimum atomic E-state index is 0.0227. The topological polar surface area (TPSA) is 26.3 Å². The van der Waals surface area contributed by atoms with E-state index >= 15 is 0 Å². The molecule has 200 valence electrons. The molecule has 0 bridgehead atoms. The fourth-order valence-electron chi connectivity index (χ4n) is 9.40. The Morgan fingerprint density at radius 1 is 0.943 bits per heavy atom. The van der Waals surface area contributed by atoms with E-state index in [1.807, 2.05) is 0 Å². The van der Waals surface area contributed by atoms with Crippen LogP contribution in [-0.4, -0.2) is 12.1 Å². The summed E-state index contributed by atoms with van der Waals surface area (Å²) in [6.45, 7) is 16.9. The number of allylic oxidation sites excluding steroid dienone is 1. The van der Waals surface area contributed by atoms with Gasteiger partial charge in [-0.25, -0.2) is 0 Å². The molecule has 3 saturated carbocycles. The Labute approximate surface area is 217 Å². The number of rotatable bonds is 9. The van der Waals surface area contributed by atoms with E-state index in [1.54, 1.807) is 5.57 Å². The maximum atomic E-state index is 12.4. The SMILES string of the molecule is CC(C)CCC[C@@H](C)[C@H]1CC[C@H]2[C@@H]3CC=C4C[C@@H](OC(=O)CCC(C)C)CC[C@]4(C)[C@H]3CC[C@]12C. The first kappa shape index (κ1) is 27.3. The molecule has 0 spiro atoms. The highest BCUT2D eigenvalue weighted by Gasteiger charge is 2.59. The van der Waals surface area contributed by atoms with E-state index < -0.39 is 0 Å². The Balaban J connectivity index is 1.40. The predicted molar refractivity (Wildman–Crippen MR) is 147 cm³/mol. The number of hydrogen-bond donors (Lipinski definition) is 0. The lowest BCUT2D eigenvalue weighted by Crippen LogP contribution is -2.51. The maximum Gasteiger partial charge on any atom is 0.306 e. The number of esters is 1. The standard InChI is InChI=1S/C33H56O2/c1-22(2)9-8-10-24(5)28-14-15-29-27-13-12-25-21-26(35-31(34)16-11-23(3)4)17-19-32(25,6)30(27)18-20-33(28,29)7/h12,22-24,26-30H,8-11,13-21H2,1-7H3/t24-,26+,27+,28-,29+,30+,32+,33-/m1/s1. The van der Waals surface area contributed by atoms with Gasteiger partial charge in [0.25, 0.3) is 0 Å². The van der Waals surface area contributed by atoms with Crippen molar-refractivity contribution in [1.82, 2.24) is 0 Å². The van der Waals surface area contributed by atoms with Crippen LogP contribution < -0.4 is 0 Å². The third-order valence-corrected chi connectivity index (χ3v) is 11.5. The van der Waals surface area contributed by atoms with Crippen LogP contribution in [0.5, 0.6) is 0 Å². The highest BCUT2D eigenvalue weighted by atomic mass is 16.5. The van der Waals surface area contributed by atoms with E-state index in [1.165, 1.54) is 57.8 Å². The van der Waals surface area contributed by atoms with E-state index in [2.05, 4.69) is 54.5 Å². The highest BCUT2D eigenvalue weighted by Crippen LogP contribution is 2.67. The summed E-state index contributed by atoms with van der Waals surface area (Å²) in [6, 6.07) is 0. The zero-order valence-corrected chi connectivity index (χ0v) is 24.2. The summed E-state index contributed by atoms with van der Waals surface area (Å²) >= 11 is 0. The molecule has 0 aromatic carbocycles. The summed E-state index contributed by atoms with van der Waals surface area (Å²) in [5, 5.41) is 0. The summed E-state index contributed by atoms with van der Waals surface area (Å²) in [5.41, 5.74) is 2.53. The lowest BCUT2D eigenvalue weighted by Gasteiger charge is -2.58. The summed E-state index contributed by atoms with van der Waals surface area (Å²) < 4.78 is 5.96. The van der Waals surface area contributed by atoms with E-state index in [0.29, 0.717) is 23.2 Å². The molecule has 0 saturated heterocycles. The van der Waals surface area contributed by atoms with Gasteiger partial charge in [-0.15, -0.1) is 0 Å². The van der Waals surface area contributed by atoms with Gasteiger partial charge in [0.05, 0.1) is 0 Å². The second-order valence-electron chi connectivity index (χ2n) is 14.6. The first-order valence-electron chi connectivity index (χ1n) is 15.4. The van der Waals surface area contributed by atoms with Crippen molar-refractivity contribution in [3.63, 3.8) is 0 Å². The quantitative estimate of drug-likeness (QED) is 0.241. The molecule has 4 rings (SSSR count). The molecule has 0 aliphatic heterocycles. The van der Waals surface area contributed by atoms with Gasteiger partial charge in [0, 0.05) is 12.8 Å². The summed E-state index contributed by atoms with van der Waals surface area (Å²) in [5.74, 6) is 5.87. The number of fused-ring (bicyclic) bond motifs is 5. The molecule has 0 aromatic heterocycles. The van der Waals surface area contributed by atoms with Gasteiger partial charge in [-0.05, 0) is 104 Å². The molecule has 35 heavy (non-hydrogen) atoms. The Bertz CT molecular complexity index is 765. The summed E-state index contributed by atoms with van der Waals surface area (Å²) in [7, 11) is 0. The van der Waals surface area contributed by atoms with E-state index in [4.69, 9.17) is 4.74 Å². The first-order valence-corrected chi connectivity index (χ1v) is 15.4. The summed E-state index contributed by atoms with van der Waals surface area (Å²) in [6.07, 6.45) is 18.8. The number of hydrogen-bond acceptors (Lipinski definition) is 2. The minimum Gasteiger partial charge on any atom is -0.462 e. The van der Waals surface area contributed by atoms with Crippen molar-refractivity contribution in [2.75, 3.05) is 0 Å². The number of carbonyl (C=O) groups is 1. The molecule has 0 N–H and O–H groups in total. The number of ether oxygens (including phenoxy) is 1.